The van der Waals surface area contributed by atoms with Gasteiger partial charge in [-0.3, -0.25) is 14.4 Å². The molecule has 0 aliphatic carbocycles. The number of phosphoric ester groups is 1. The first kappa shape index (κ1) is 51.9. The first-order valence-corrected chi connectivity index (χ1v) is 19.4. The van der Waals surface area contributed by atoms with Crippen LogP contribution in [0.3, 0.4) is 0 Å². The average molecular weight is 708 g/mol. The second-order valence-corrected chi connectivity index (χ2v) is 13.5. The molecule has 1 N–H and O–H groups in total. The van der Waals surface area contributed by atoms with E-state index in [-0.39, 0.29) is 84.5 Å². The maximum Gasteiger partial charge on any atom is 1.00 e. The van der Waals surface area contributed by atoms with E-state index in [2.05, 4.69) is 16.8 Å². The first-order chi connectivity index (χ1) is 21.6. The van der Waals surface area contributed by atoms with Crippen molar-refractivity contribution in [3.63, 3.8) is 0 Å². The monoisotopic (exact) mass is 707 g/mol. The van der Waals surface area contributed by atoms with Gasteiger partial charge in [0.25, 0.3) is 0 Å². The molecule has 0 rings (SSSR count). The Morgan fingerprint density at radius 2 is 0.979 bits per heavy atom. The number of amides is 1. The molecule has 10 nitrogen and oxygen atoms in total. The van der Waals surface area contributed by atoms with E-state index < -0.39 is 32.5 Å². The van der Waals surface area contributed by atoms with Crippen LogP contribution in [0.15, 0.2) is 0 Å². The second kappa shape index (κ2) is 37.8. The molecule has 0 aliphatic heterocycles. The zero-order valence-electron chi connectivity index (χ0n) is 30.5. The number of hydrogen-bond donors (Lipinski definition) is 1. The average Bonchev–Trinajstić information content (AvgIpc) is 2.98. The van der Waals surface area contributed by atoms with Crippen LogP contribution in [-0.4, -0.2) is 43.7 Å². The third-order valence-corrected chi connectivity index (χ3v) is 8.28. The number of rotatable bonds is 33. The van der Waals surface area contributed by atoms with Gasteiger partial charge < -0.3 is 33.7 Å². The predicted molar refractivity (Wildman–Crippen MR) is 174 cm³/mol. The molecule has 0 aromatic heterocycles. The van der Waals surface area contributed by atoms with Crippen molar-refractivity contribution in [3.8, 4) is 0 Å². The SMILES string of the molecule is CCCCCCCCCCCCC(=O)O[C@@H](COC(=O)CCCCCCCCCCCCCCCNC(C)=O)COP(=O)([O-])[O-].[Na+].[Na+]. The summed E-state index contributed by atoms with van der Waals surface area (Å²) in [6.45, 7) is 3.52. The second-order valence-electron chi connectivity index (χ2n) is 12.3. The fourth-order valence-corrected chi connectivity index (χ4v) is 5.50. The Bertz CT molecular complexity index is 787. The van der Waals surface area contributed by atoms with Gasteiger partial charge in [0.05, 0.1) is 14.4 Å². The molecule has 0 aliphatic rings. The topological polar surface area (TPSA) is 154 Å². The van der Waals surface area contributed by atoms with Gasteiger partial charge in [-0.15, -0.1) is 0 Å². The molecule has 1 amide bonds. The van der Waals surface area contributed by atoms with Crippen molar-refractivity contribution in [3.05, 3.63) is 0 Å². The number of hydrogen-bond acceptors (Lipinski definition) is 9. The summed E-state index contributed by atoms with van der Waals surface area (Å²) in [6, 6.07) is 0. The van der Waals surface area contributed by atoms with Gasteiger partial charge >= 0.3 is 71.1 Å². The molecular weight excluding hydrogens is 643 g/mol. The quantitative estimate of drug-likeness (QED) is 0.0459. The van der Waals surface area contributed by atoms with Crippen LogP contribution in [0.2, 0.25) is 0 Å². The Balaban J connectivity index is -0.00000968. The van der Waals surface area contributed by atoms with E-state index in [0.29, 0.717) is 12.8 Å². The van der Waals surface area contributed by atoms with Crippen LogP contribution in [0.25, 0.3) is 0 Å². The summed E-state index contributed by atoms with van der Waals surface area (Å²) in [4.78, 5) is 57.0. The van der Waals surface area contributed by atoms with Gasteiger partial charge in [-0.2, -0.15) is 0 Å². The van der Waals surface area contributed by atoms with Gasteiger partial charge in [-0.1, -0.05) is 135 Å². The molecule has 0 saturated carbocycles. The van der Waals surface area contributed by atoms with E-state index in [1.165, 1.54) is 89.9 Å². The van der Waals surface area contributed by atoms with Gasteiger partial charge in [0.15, 0.2) is 6.10 Å². The van der Waals surface area contributed by atoms with Crippen molar-refractivity contribution in [1.29, 1.82) is 0 Å². The number of unbranched alkanes of at least 4 members (excludes halogenated alkanes) is 21. The Hall–Kier alpha value is 0.520. The van der Waals surface area contributed by atoms with Crippen molar-refractivity contribution >= 4 is 25.7 Å². The molecule has 266 valence electrons. The molecule has 0 heterocycles. The maximum atomic E-state index is 12.3. The van der Waals surface area contributed by atoms with Crippen LogP contribution < -0.4 is 74.2 Å². The van der Waals surface area contributed by atoms with Crippen molar-refractivity contribution < 1.29 is 102 Å². The third kappa shape index (κ3) is 42.6. The fourth-order valence-electron chi connectivity index (χ4n) is 5.15. The number of phosphoric acid groups is 1. The molecule has 1 atom stereocenters. The molecule has 13 heteroatoms. The zero-order chi connectivity index (χ0) is 33.4. The molecule has 0 bridgehead atoms. The third-order valence-electron chi connectivity index (χ3n) is 7.81. The summed E-state index contributed by atoms with van der Waals surface area (Å²) in [6.07, 6.45) is 25.3. The minimum atomic E-state index is -5.25. The molecular formula is C34H64NNa2O9P. The summed E-state index contributed by atoms with van der Waals surface area (Å²) < 4.78 is 25.7. The van der Waals surface area contributed by atoms with Crippen LogP contribution in [0.4, 0.5) is 0 Å². The Morgan fingerprint density at radius 3 is 1.38 bits per heavy atom. The smallest absolute Gasteiger partial charge is 0.790 e. The van der Waals surface area contributed by atoms with Crippen molar-refractivity contribution in [2.45, 2.75) is 180 Å². The molecule has 0 aromatic rings. The standard InChI is InChI=1S/C34H66NO9P.2Na/c1-3-4-5-6-7-8-14-18-21-24-27-34(38)44-32(30-43-45(39,40)41)29-42-33(37)26-23-20-17-15-12-10-9-11-13-16-19-22-25-28-35-31(2)36;;/h32H,3-30H2,1-2H3,(H,35,36)(H2,39,40,41);;/q;2*+1/p-2/t32-;;/m0../s1. The number of carbonyl (C=O) groups excluding carboxylic acids is 3. The Morgan fingerprint density at radius 1 is 0.596 bits per heavy atom. The van der Waals surface area contributed by atoms with E-state index in [9.17, 15) is 28.7 Å². The minimum Gasteiger partial charge on any atom is -0.790 e. The van der Waals surface area contributed by atoms with E-state index in [1.807, 2.05) is 0 Å². The number of ether oxygens (including phenoxy) is 2. The molecule has 47 heavy (non-hydrogen) atoms. The fraction of sp³-hybridized carbons (Fsp3) is 0.912. The van der Waals surface area contributed by atoms with Crippen LogP contribution in [0.1, 0.15) is 174 Å². The summed E-state index contributed by atoms with van der Waals surface area (Å²) in [5.74, 6) is -0.936. The number of esters is 2. The maximum absolute atomic E-state index is 12.3. The molecule has 0 saturated heterocycles. The van der Waals surface area contributed by atoms with Gasteiger partial charge in [-0.05, 0) is 19.3 Å². The molecule has 0 unspecified atom stereocenters. The summed E-state index contributed by atoms with van der Waals surface area (Å²) in [5, 5.41) is 2.83. The van der Waals surface area contributed by atoms with Crippen LogP contribution in [0.5, 0.6) is 0 Å². The van der Waals surface area contributed by atoms with Crippen LogP contribution in [0, 0.1) is 0 Å². The largest absolute Gasteiger partial charge is 1.00 e. The van der Waals surface area contributed by atoms with Crippen LogP contribution in [-0.2, 0) is 32.9 Å². The van der Waals surface area contributed by atoms with Gasteiger partial charge in [0, 0.05) is 26.3 Å². The van der Waals surface area contributed by atoms with E-state index >= 15 is 0 Å². The Labute approximate surface area is 330 Å². The minimum absolute atomic E-state index is 0. The van der Waals surface area contributed by atoms with Gasteiger partial charge in [-0.25, -0.2) is 0 Å². The molecule has 0 spiro atoms. The summed E-state index contributed by atoms with van der Waals surface area (Å²) in [5.41, 5.74) is 0. The predicted octanol–water partition coefficient (Wildman–Crippen LogP) is 1.20. The summed E-state index contributed by atoms with van der Waals surface area (Å²) >= 11 is 0. The number of nitrogens with one attached hydrogen (secondary N) is 1. The Kier molecular flexibility index (Phi) is 41.7. The van der Waals surface area contributed by atoms with E-state index in [4.69, 9.17) is 9.47 Å². The van der Waals surface area contributed by atoms with E-state index in [1.54, 1.807) is 6.92 Å². The first-order valence-electron chi connectivity index (χ1n) is 17.9. The van der Waals surface area contributed by atoms with Gasteiger partial charge in [0.1, 0.15) is 6.61 Å². The summed E-state index contributed by atoms with van der Waals surface area (Å²) in [7, 11) is -5.25. The van der Waals surface area contributed by atoms with E-state index in [0.717, 1.165) is 51.5 Å². The molecule has 0 aromatic carbocycles. The number of carbonyl (C=O) groups is 3. The molecule has 0 fully saturated rings. The molecule has 0 radical (unpaired) electrons. The van der Waals surface area contributed by atoms with Crippen molar-refractivity contribution in [2.75, 3.05) is 19.8 Å². The normalized spacial score (nSPS) is 11.7. The zero-order valence-corrected chi connectivity index (χ0v) is 35.4. The van der Waals surface area contributed by atoms with Crippen LogP contribution >= 0.6 is 7.82 Å². The van der Waals surface area contributed by atoms with Gasteiger partial charge in [0.2, 0.25) is 5.91 Å². The van der Waals surface area contributed by atoms with Crippen molar-refractivity contribution in [2.24, 2.45) is 0 Å². The van der Waals surface area contributed by atoms with Crippen molar-refractivity contribution in [1.82, 2.24) is 5.32 Å².